The van der Waals surface area contributed by atoms with E-state index in [9.17, 15) is 19.8 Å². The van der Waals surface area contributed by atoms with Crippen LogP contribution in [0.4, 0.5) is 0 Å². The highest BCUT2D eigenvalue weighted by Gasteiger charge is 2.14. The van der Waals surface area contributed by atoms with Gasteiger partial charge >= 0.3 is 11.9 Å². The molecule has 2 aromatic carbocycles. The van der Waals surface area contributed by atoms with E-state index in [1.54, 1.807) is 12.1 Å². The Bertz CT molecular complexity index is 888. The molecule has 0 saturated heterocycles. The molecule has 5 heteroatoms. The Kier molecular flexibility index (Phi) is 14.7. The molecule has 0 spiro atoms. The summed E-state index contributed by atoms with van der Waals surface area (Å²) in [6, 6.07) is 11.0. The molecular formula is C32H46O5. The van der Waals surface area contributed by atoms with Gasteiger partial charge in [0.1, 0.15) is 0 Å². The van der Waals surface area contributed by atoms with E-state index in [0.717, 1.165) is 36.8 Å². The fourth-order valence-corrected chi connectivity index (χ4v) is 4.75. The number of hydrogen-bond acceptors (Lipinski definition) is 3. The molecule has 2 rings (SSSR count). The molecule has 0 unspecified atom stereocenters. The number of hydrogen-bond donors (Lipinski definition) is 2. The minimum absolute atomic E-state index is 0.132. The summed E-state index contributed by atoms with van der Waals surface area (Å²) in [5, 5.41) is 19.3. The lowest BCUT2D eigenvalue weighted by Gasteiger charge is -2.13. The third kappa shape index (κ3) is 11.5. The Morgan fingerprint density at radius 1 is 0.595 bits per heavy atom. The normalized spacial score (nSPS) is 11.1. The maximum absolute atomic E-state index is 11.8. The van der Waals surface area contributed by atoms with Gasteiger partial charge in [0, 0.05) is 0 Å². The smallest absolute Gasteiger partial charge is 0.336 e. The second-order valence-electron chi connectivity index (χ2n) is 10.1. The summed E-state index contributed by atoms with van der Waals surface area (Å²) in [7, 11) is 0. The first-order chi connectivity index (χ1) is 18.0. The Balaban J connectivity index is 1.98. The van der Waals surface area contributed by atoms with Crippen molar-refractivity contribution in [2.24, 2.45) is 0 Å². The van der Waals surface area contributed by atoms with Gasteiger partial charge in [0.2, 0.25) is 0 Å². The number of carboxylic acids is 2. The van der Waals surface area contributed by atoms with Crippen LogP contribution in [0.15, 0.2) is 36.4 Å². The fourth-order valence-electron chi connectivity index (χ4n) is 4.75. The van der Waals surface area contributed by atoms with E-state index in [1.807, 2.05) is 24.3 Å². The average molecular weight is 511 g/mol. The van der Waals surface area contributed by atoms with Crippen LogP contribution in [0.1, 0.15) is 134 Å². The van der Waals surface area contributed by atoms with Crippen LogP contribution >= 0.6 is 0 Å². The molecule has 204 valence electrons. The number of carbonyl (C=O) groups is 2. The van der Waals surface area contributed by atoms with E-state index < -0.39 is 11.9 Å². The predicted molar refractivity (Wildman–Crippen MR) is 149 cm³/mol. The zero-order valence-corrected chi connectivity index (χ0v) is 22.9. The highest BCUT2D eigenvalue weighted by molar-refractivity contribution is 5.90. The van der Waals surface area contributed by atoms with Crippen molar-refractivity contribution in [3.63, 3.8) is 0 Å². The van der Waals surface area contributed by atoms with Crippen molar-refractivity contribution in [2.45, 2.75) is 117 Å². The van der Waals surface area contributed by atoms with E-state index >= 15 is 0 Å². The molecule has 5 nitrogen and oxygen atoms in total. The van der Waals surface area contributed by atoms with Gasteiger partial charge < -0.3 is 14.9 Å². The highest BCUT2D eigenvalue weighted by atomic mass is 16.5. The van der Waals surface area contributed by atoms with Gasteiger partial charge in [0.15, 0.2) is 0 Å². The van der Waals surface area contributed by atoms with Gasteiger partial charge in [-0.1, -0.05) is 102 Å². The Morgan fingerprint density at radius 3 is 1.35 bits per heavy atom. The number of aromatic carboxylic acids is 2. The number of rotatable bonds is 20. The summed E-state index contributed by atoms with van der Waals surface area (Å²) >= 11 is 0. The van der Waals surface area contributed by atoms with E-state index in [-0.39, 0.29) is 24.3 Å². The topological polar surface area (TPSA) is 83.8 Å². The molecule has 0 saturated carbocycles. The lowest BCUT2D eigenvalue weighted by Crippen LogP contribution is -2.08. The number of ether oxygens (including phenoxy) is 1. The van der Waals surface area contributed by atoms with Crippen molar-refractivity contribution in [3.05, 3.63) is 69.8 Å². The molecule has 2 N–H and O–H groups in total. The van der Waals surface area contributed by atoms with Crippen molar-refractivity contribution in [3.8, 4) is 0 Å². The lowest BCUT2D eigenvalue weighted by atomic mass is 9.99. The molecule has 2 aromatic rings. The first-order valence-electron chi connectivity index (χ1n) is 14.2. The van der Waals surface area contributed by atoms with Crippen LogP contribution in [0.3, 0.4) is 0 Å². The summed E-state index contributed by atoms with van der Waals surface area (Å²) in [4.78, 5) is 23.5. The van der Waals surface area contributed by atoms with E-state index in [0.29, 0.717) is 11.1 Å². The Hall–Kier alpha value is -2.66. The molecule has 0 aliphatic rings. The van der Waals surface area contributed by atoms with E-state index in [4.69, 9.17) is 4.74 Å². The molecule has 0 atom stereocenters. The maximum Gasteiger partial charge on any atom is 0.336 e. The lowest BCUT2D eigenvalue weighted by molar-refractivity contribution is 0.0683. The largest absolute Gasteiger partial charge is 0.478 e. The quantitative estimate of drug-likeness (QED) is 0.174. The monoisotopic (exact) mass is 510 g/mol. The SMILES string of the molecule is CCCCCCCCc1ccc(C(=O)O)c(COCc2cc(CCCCCCCC)ccc2C(=O)O)c1. The van der Waals surface area contributed by atoms with Crippen LogP contribution in [-0.4, -0.2) is 22.2 Å². The maximum atomic E-state index is 11.8. The number of aryl methyl sites for hydroxylation is 2. The van der Waals surface area contributed by atoms with Gasteiger partial charge in [-0.25, -0.2) is 9.59 Å². The van der Waals surface area contributed by atoms with Crippen molar-refractivity contribution >= 4 is 11.9 Å². The van der Waals surface area contributed by atoms with Crippen molar-refractivity contribution in [1.29, 1.82) is 0 Å². The molecule has 0 radical (unpaired) electrons. The van der Waals surface area contributed by atoms with Crippen LogP contribution in [0, 0.1) is 0 Å². The summed E-state index contributed by atoms with van der Waals surface area (Å²) in [6.07, 6.45) is 16.4. The zero-order valence-electron chi connectivity index (χ0n) is 22.9. The standard InChI is InChI=1S/C32H46O5/c1-3-5-7-9-11-13-15-25-17-19-29(31(33)34)27(21-25)23-37-24-28-22-26(18-20-30(28)32(35)36)16-14-12-10-8-6-4-2/h17-22H,3-16,23-24H2,1-2H3,(H,33,34)(H,35,36). The molecule has 0 heterocycles. The van der Waals surface area contributed by atoms with Crippen LogP contribution in [0.5, 0.6) is 0 Å². The summed E-state index contributed by atoms with van der Waals surface area (Å²) < 4.78 is 5.91. The van der Waals surface area contributed by atoms with Crippen molar-refractivity contribution in [2.75, 3.05) is 0 Å². The summed E-state index contributed by atoms with van der Waals surface area (Å²) in [5.74, 6) is -1.95. The molecule has 0 amide bonds. The van der Waals surface area contributed by atoms with Crippen LogP contribution in [0.25, 0.3) is 0 Å². The fraction of sp³-hybridized carbons (Fsp3) is 0.562. The summed E-state index contributed by atoms with van der Waals surface area (Å²) in [5.41, 5.74) is 3.98. The third-order valence-corrected chi connectivity index (χ3v) is 6.95. The predicted octanol–water partition coefficient (Wildman–Crippen LogP) is 8.61. The molecule has 37 heavy (non-hydrogen) atoms. The van der Waals surface area contributed by atoms with Crippen LogP contribution < -0.4 is 0 Å². The third-order valence-electron chi connectivity index (χ3n) is 6.95. The average Bonchev–Trinajstić information content (AvgIpc) is 2.88. The molecule has 0 aromatic heterocycles. The number of benzene rings is 2. The van der Waals surface area contributed by atoms with Gasteiger partial charge in [-0.15, -0.1) is 0 Å². The summed E-state index contributed by atoms with van der Waals surface area (Å²) in [6.45, 7) is 4.69. The molecule has 0 fully saturated rings. The van der Waals surface area contributed by atoms with E-state index in [1.165, 1.54) is 64.2 Å². The number of carboxylic acid groups (broad SMARTS) is 2. The zero-order chi connectivity index (χ0) is 26.9. The minimum atomic E-state index is -0.975. The van der Waals surface area contributed by atoms with Gasteiger partial charge in [0.25, 0.3) is 0 Å². The first kappa shape index (κ1) is 30.6. The highest BCUT2D eigenvalue weighted by Crippen LogP contribution is 2.20. The van der Waals surface area contributed by atoms with Gasteiger partial charge in [-0.3, -0.25) is 0 Å². The second kappa shape index (κ2) is 17.7. The molecule has 0 aliphatic heterocycles. The van der Waals surface area contributed by atoms with Gasteiger partial charge in [-0.2, -0.15) is 0 Å². The van der Waals surface area contributed by atoms with E-state index in [2.05, 4.69) is 13.8 Å². The Morgan fingerprint density at radius 2 is 0.973 bits per heavy atom. The number of unbranched alkanes of at least 4 members (excludes halogenated alkanes) is 10. The molecule has 0 bridgehead atoms. The van der Waals surface area contributed by atoms with Gasteiger partial charge in [0.05, 0.1) is 24.3 Å². The molecule has 0 aliphatic carbocycles. The Labute approximate surface area is 223 Å². The molecular weight excluding hydrogens is 464 g/mol. The van der Waals surface area contributed by atoms with Gasteiger partial charge in [-0.05, 0) is 60.1 Å². The minimum Gasteiger partial charge on any atom is -0.478 e. The van der Waals surface area contributed by atoms with Crippen molar-refractivity contribution in [1.82, 2.24) is 0 Å². The second-order valence-corrected chi connectivity index (χ2v) is 10.1. The van der Waals surface area contributed by atoms with Crippen LogP contribution in [-0.2, 0) is 30.8 Å². The van der Waals surface area contributed by atoms with Crippen molar-refractivity contribution < 1.29 is 24.5 Å². The van der Waals surface area contributed by atoms with Crippen LogP contribution in [0.2, 0.25) is 0 Å². The first-order valence-corrected chi connectivity index (χ1v) is 14.2.